The summed E-state index contributed by atoms with van der Waals surface area (Å²) in [6.07, 6.45) is 4.93. The molecule has 1 unspecified atom stereocenters. The molecule has 1 aliphatic heterocycles. The highest BCUT2D eigenvalue weighted by Crippen LogP contribution is 2.17. The van der Waals surface area contributed by atoms with Crippen molar-refractivity contribution in [1.82, 2.24) is 19.8 Å². The molecule has 0 saturated carbocycles. The van der Waals surface area contributed by atoms with Gasteiger partial charge in [0.25, 0.3) is 0 Å². The van der Waals surface area contributed by atoms with Crippen LogP contribution in [0.25, 0.3) is 0 Å². The number of amides is 2. The molecule has 21 heavy (non-hydrogen) atoms. The predicted octanol–water partition coefficient (Wildman–Crippen LogP) is -0.150. The van der Waals surface area contributed by atoms with Gasteiger partial charge in [0.2, 0.25) is 11.8 Å². The maximum Gasteiger partial charge on any atom is 0.228 e. The summed E-state index contributed by atoms with van der Waals surface area (Å²) >= 11 is 0. The zero-order chi connectivity index (χ0) is 15.4. The average molecular weight is 291 g/mol. The molecule has 114 valence electrons. The molecule has 0 radical (unpaired) electrons. The Bertz CT molecular complexity index is 505. The Morgan fingerprint density at radius 2 is 2.00 bits per heavy atom. The molecule has 2 heterocycles. The average Bonchev–Trinajstić information content (AvgIpc) is 2.70. The van der Waals surface area contributed by atoms with E-state index in [0.717, 1.165) is 5.82 Å². The van der Waals surface area contributed by atoms with Gasteiger partial charge in [0.15, 0.2) is 0 Å². The van der Waals surface area contributed by atoms with Crippen molar-refractivity contribution in [3.05, 3.63) is 18.6 Å². The molecule has 1 atom stereocenters. The minimum atomic E-state index is -0.256. The van der Waals surface area contributed by atoms with Crippen LogP contribution in [0.1, 0.15) is 6.92 Å². The quantitative estimate of drug-likeness (QED) is 0.758. The zero-order valence-electron chi connectivity index (χ0n) is 12.7. The maximum absolute atomic E-state index is 12.3. The number of aromatic nitrogens is 2. The van der Waals surface area contributed by atoms with Crippen molar-refractivity contribution < 1.29 is 9.59 Å². The first kappa shape index (κ1) is 15.2. The van der Waals surface area contributed by atoms with E-state index in [1.54, 1.807) is 42.5 Å². The Kier molecular flexibility index (Phi) is 4.72. The summed E-state index contributed by atoms with van der Waals surface area (Å²) < 4.78 is 0. The van der Waals surface area contributed by atoms with E-state index >= 15 is 0 Å². The molecule has 1 saturated heterocycles. The lowest BCUT2D eigenvalue weighted by Gasteiger charge is -2.26. The van der Waals surface area contributed by atoms with Crippen molar-refractivity contribution in [2.45, 2.75) is 6.92 Å². The fraction of sp³-hybridized carbons (Fsp3) is 0.571. The van der Waals surface area contributed by atoms with Crippen LogP contribution in [-0.2, 0) is 9.59 Å². The highest BCUT2D eigenvalue weighted by atomic mass is 16.2. The largest absolute Gasteiger partial charge is 0.353 e. The lowest BCUT2D eigenvalue weighted by molar-refractivity contribution is -0.135. The van der Waals surface area contributed by atoms with Gasteiger partial charge in [-0.2, -0.15) is 0 Å². The first-order chi connectivity index (χ1) is 9.99. The van der Waals surface area contributed by atoms with Gasteiger partial charge in [0.05, 0.1) is 12.1 Å². The molecule has 1 aliphatic rings. The van der Waals surface area contributed by atoms with Crippen molar-refractivity contribution in [3.8, 4) is 0 Å². The van der Waals surface area contributed by atoms with Gasteiger partial charge in [-0.25, -0.2) is 4.98 Å². The van der Waals surface area contributed by atoms with Gasteiger partial charge in [0, 0.05) is 59.6 Å². The van der Waals surface area contributed by atoms with Gasteiger partial charge in [-0.1, -0.05) is 0 Å². The first-order valence-electron chi connectivity index (χ1n) is 6.96. The molecule has 0 aliphatic carbocycles. The number of carbonyl (C=O) groups is 2. The van der Waals surface area contributed by atoms with Crippen LogP contribution in [0.5, 0.6) is 0 Å². The van der Waals surface area contributed by atoms with Crippen LogP contribution in [0.4, 0.5) is 5.82 Å². The Balaban J connectivity index is 2.22. The molecule has 2 amide bonds. The summed E-state index contributed by atoms with van der Waals surface area (Å²) in [5.41, 5.74) is 0. The van der Waals surface area contributed by atoms with E-state index in [1.807, 2.05) is 4.90 Å². The Labute approximate surface area is 124 Å². The molecule has 0 spiro atoms. The normalized spacial score (nSPS) is 19.1. The van der Waals surface area contributed by atoms with Gasteiger partial charge >= 0.3 is 0 Å². The van der Waals surface area contributed by atoms with E-state index in [2.05, 4.69) is 9.97 Å². The van der Waals surface area contributed by atoms with Crippen LogP contribution >= 0.6 is 0 Å². The monoisotopic (exact) mass is 291 g/mol. The second-order valence-electron chi connectivity index (χ2n) is 5.40. The third-order valence-corrected chi connectivity index (χ3v) is 3.63. The minimum Gasteiger partial charge on any atom is -0.353 e. The summed E-state index contributed by atoms with van der Waals surface area (Å²) in [6.45, 7) is 3.76. The van der Waals surface area contributed by atoms with E-state index in [1.165, 1.54) is 6.92 Å². The van der Waals surface area contributed by atoms with Crippen LogP contribution < -0.4 is 4.90 Å². The molecule has 0 bridgehead atoms. The summed E-state index contributed by atoms with van der Waals surface area (Å²) in [7, 11) is 3.47. The topological polar surface area (TPSA) is 69.6 Å². The second-order valence-corrected chi connectivity index (χ2v) is 5.40. The summed E-state index contributed by atoms with van der Waals surface area (Å²) in [4.78, 5) is 37.7. The van der Waals surface area contributed by atoms with Crippen LogP contribution in [0.2, 0.25) is 0 Å². The van der Waals surface area contributed by atoms with E-state index in [-0.39, 0.29) is 17.7 Å². The van der Waals surface area contributed by atoms with E-state index in [0.29, 0.717) is 26.2 Å². The Hall–Kier alpha value is -2.18. The predicted molar refractivity (Wildman–Crippen MR) is 78.7 cm³/mol. The van der Waals surface area contributed by atoms with Crippen molar-refractivity contribution in [3.63, 3.8) is 0 Å². The SMILES string of the molecule is CC(=O)N1CCN(c2cnccn2)CC(C(=O)N(C)C)C1. The van der Waals surface area contributed by atoms with Crippen molar-refractivity contribution in [2.24, 2.45) is 5.92 Å². The van der Waals surface area contributed by atoms with Gasteiger partial charge in [-0.3, -0.25) is 14.6 Å². The molecule has 7 heteroatoms. The lowest BCUT2D eigenvalue weighted by Crippen LogP contribution is -2.41. The number of carbonyl (C=O) groups excluding carboxylic acids is 2. The van der Waals surface area contributed by atoms with Gasteiger partial charge < -0.3 is 14.7 Å². The zero-order valence-corrected chi connectivity index (χ0v) is 12.7. The number of hydrogen-bond donors (Lipinski definition) is 0. The fourth-order valence-corrected chi connectivity index (χ4v) is 2.48. The van der Waals surface area contributed by atoms with Crippen LogP contribution in [0, 0.1) is 5.92 Å². The standard InChI is InChI=1S/C14H21N5O2/c1-11(20)18-6-7-19(13-8-15-4-5-16-13)10-12(9-18)14(21)17(2)3/h4-5,8,12H,6-7,9-10H2,1-3H3. The molecule has 1 fully saturated rings. The molecule has 0 aromatic carbocycles. The number of anilines is 1. The highest BCUT2D eigenvalue weighted by Gasteiger charge is 2.30. The van der Waals surface area contributed by atoms with Crippen molar-refractivity contribution >= 4 is 17.6 Å². The van der Waals surface area contributed by atoms with Gasteiger partial charge in [0.1, 0.15) is 5.82 Å². The summed E-state index contributed by atoms with van der Waals surface area (Å²) in [5, 5.41) is 0. The number of rotatable bonds is 2. The fourth-order valence-electron chi connectivity index (χ4n) is 2.48. The second kappa shape index (κ2) is 6.51. The maximum atomic E-state index is 12.3. The van der Waals surface area contributed by atoms with Crippen LogP contribution in [0.15, 0.2) is 18.6 Å². The highest BCUT2D eigenvalue weighted by molar-refractivity contribution is 5.81. The van der Waals surface area contributed by atoms with E-state index in [9.17, 15) is 9.59 Å². The number of nitrogens with zero attached hydrogens (tertiary/aromatic N) is 5. The first-order valence-corrected chi connectivity index (χ1v) is 6.96. The number of hydrogen-bond acceptors (Lipinski definition) is 5. The van der Waals surface area contributed by atoms with E-state index in [4.69, 9.17) is 0 Å². The van der Waals surface area contributed by atoms with Crippen LogP contribution in [-0.4, -0.2) is 71.9 Å². The minimum absolute atomic E-state index is 0.00690. The van der Waals surface area contributed by atoms with Crippen molar-refractivity contribution in [1.29, 1.82) is 0 Å². The Morgan fingerprint density at radius 1 is 1.24 bits per heavy atom. The lowest BCUT2D eigenvalue weighted by atomic mass is 10.1. The third-order valence-electron chi connectivity index (χ3n) is 3.63. The third kappa shape index (κ3) is 3.68. The smallest absolute Gasteiger partial charge is 0.228 e. The Morgan fingerprint density at radius 3 is 2.57 bits per heavy atom. The molecule has 2 rings (SSSR count). The molecule has 1 aromatic heterocycles. The van der Waals surface area contributed by atoms with Gasteiger partial charge in [-0.15, -0.1) is 0 Å². The molecule has 7 nitrogen and oxygen atoms in total. The molecule has 0 N–H and O–H groups in total. The van der Waals surface area contributed by atoms with Crippen molar-refractivity contribution in [2.75, 3.05) is 45.2 Å². The van der Waals surface area contributed by atoms with Gasteiger partial charge in [-0.05, 0) is 0 Å². The molecular formula is C14H21N5O2. The summed E-state index contributed by atoms with van der Waals surface area (Å²) in [5.74, 6) is 0.498. The molecule has 1 aromatic rings. The van der Waals surface area contributed by atoms with E-state index < -0.39 is 0 Å². The molecular weight excluding hydrogens is 270 g/mol. The summed E-state index contributed by atoms with van der Waals surface area (Å²) in [6, 6.07) is 0. The van der Waals surface area contributed by atoms with Crippen LogP contribution in [0.3, 0.4) is 0 Å².